The third-order valence-corrected chi connectivity index (χ3v) is 4.19. The number of hydrogen-bond acceptors (Lipinski definition) is 4. The van der Waals surface area contributed by atoms with E-state index < -0.39 is 0 Å². The van der Waals surface area contributed by atoms with Crippen molar-refractivity contribution in [1.29, 1.82) is 0 Å². The maximum atomic E-state index is 12.7. The highest BCUT2D eigenvalue weighted by Crippen LogP contribution is 2.25. The Kier molecular flexibility index (Phi) is 4.57. The van der Waals surface area contributed by atoms with E-state index in [4.69, 9.17) is 10.5 Å². The lowest BCUT2D eigenvalue weighted by atomic mass is 10.1. The number of likely N-dealkylation sites (tertiary alicyclic amines) is 1. The number of rotatable bonds is 4. The molecular formula is C18H21N3O2. The quantitative estimate of drug-likeness (QED) is 0.942. The summed E-state index contributed by atoms with van der Waals surface area (Å²) in [7, 11) is 0. The van der Waals surface area contributed by atoms with Gasteiger partial charge in [-0.05, 0) is 44.0 Å². The topological polar surface area (TPSA) is 68.5 Å². The highest BCUT2D eigenvalue weighted by atomic mass is 16.5. The minimum absolute atomic E-state index is 0.0630. The predicted molar refractivity (Wildman–Crippen MR) is 88.4 cm³/mol. The average Bonchev–Trinajstić information content (AvgIpc) is 2.96. The van der Waals surface area contributed by atoms with Gasteiger partial charge in [-0.2, -0.15) is 0 Å². The number of amides is 1. The molecule has 2 heterocycles. The van der Waals surface area contributed by atoms with Crippen molar-refractivity contribution < 1.29 is 9.53 Å². The number of ether oxygens (including phenoxy) is 1. The molecule has 23 heavy (non-hydrogen) atoms. The Balaban J connectivity index is 1.76. The number of carbonyl (C=O) groups excluding carboxylic acids is 1. The molecule has 1 aromatic heterocycles. The Bertz CT molecular complexity index is 675. The van der Waals surface area contributed by atoms with E-state index in [1.165, 1.54) is 0 Å². The fourth-order valence-electron chi connectivity index (χ4n) is 2.96. The van der Waals surface area contributed by atoms with E-state index in [1.54, 1.807) is 18.3 Å². The lowest BCUT2D eigenvalue weighted by Gasteiger charge is -2.21. The van der Waals surface area contributed by atoms with Crippen LogP contribution in [-0.2, 0) is 0 Å². The van der Waals surface area contributed by atoms with Gasteiger partial charge in [-0.3, -0.25) is 9.78 Å². The van der Waals surface area contributed by atoms with Gasteiger partial charge in [0.1, 0.15) is 17.2 Å². The van der Waals surface area contributed by atoms with Gasteiger partial charge in [0.05, 0.1) is 0 Å². The molecule has 5 nitrogen and oxygen atoms in total. The highest BCUT2D eigenvalue weighted by Gasteiger charge is 2.32. The summed E-state index contributed by atoms with van der Waals surface area (Å²) in [5, 5.41) is 0. The first-order chi connectivity index (χ1) is 11.2. The van der Waals surface area contributed by atoms with E-state index in [0.29, 0.717) is 30.5 Å². The van der Waals surface area contributed by atoms with E-state index in [-0.39, 0.29) is 11.9 Å². The molecule has 2 N–H and O–H groups in total. The second-order valence-corrected chi connectivity index (χ2v) is 5.94. The van der Waals surface area contributed by atoms with E-state index >= 15 is 0 Å². The van der Waals surface area contributed by atoms with Crippen molar-refractivity contribution in [2.45, 2.75) is 19.4 Å². The van der Waals surface area contributed by atoms with Crippen molar-refractivity contribution in [1.82, 2.24) is 9.88 Å². The van der Waals surface area contributed by atoms with Crippen LogP contribution in [0.4, 0.5) is 0 Å². The molecule has 1 aliphatic heterocycles. The van der Waals surface area contributed by atoms with E-state index in [1.807, 2.05) is 35.2 Å². The molecule has 2 aromatic rings. The van der Waals surface area contributed by atoms with E-state index in [0.717, 1.165) is 12.2 Å². The number of pyridine rings is 1. The van der Waals surface area contributed by atoms with Crippen LogP contribution in [0.25, 0.3) is 0 Å². The van der Waals surface area contributed by atoms with Gasteiger partial charge in [0.25, 0.3) is 5.91 Å². The molecule has 1 saturated heterocycles. The lowest BCUT2D eigenvalue weighted by Crippen LogP contribution is -2.34. The largest absolute Gasteiger partial charge is 0.457 e. The first-order valence-electron chi connectivity index (χ1n) is 7.87. The van der Waals surface area contributed by atoms with Gasteiger partial charge < -0.3 is 15.4 Å². The Hall–Kier alpha value is -2.40. The third kappa shape index (κ3) is 3.51. The zero-order valence-electron chi connectivity index (χ0n) is 13.2. The van der Waals surface area contributed by atoms with Crippen LogP contribution in [0.1, 0.15) is 23.8 Å². The van der Waals surface area contributed by atoms with Gasteiger partial charge in [-0.1, -0.05) is 18.2 Å². The van der Waals surface area contributed by atoms with Gasteiger partial charge in [-0.15, -0.1) is 0 Å². The van der Waals surface area contributed by atoms with Crippen LogP contribution < -0.4 is 10.5 Å². The fraction of sp³-hybridized carbons (Fsp3) is 0.333. The molecule has 0 radical (unpaired) electrons. The van der Waals surface area contributed by atoms with Crippen LogP contribution in [0.15, 0.2) is 48.7 Å². The Morgan fingerprint density at radius 1 is 1.30 bits per heavy atom. The molecule has 2 unspecified atom stereocenters. The van der Waals surface area contributed by atoms with Gasteiger partial charge >= 0.3 is 0 Å². The van der Waals surface area contributed by atoms with Crippen LogP contribution in [-0.4, -0.2) is 34.9 Å². The molecule has 120 valence electrons. The molecule has 1 amide bonds. The third-order valence-electron chi connectivity index (χ3n) is 4.19. The summed E-state index contributed by atoms with van der Waals surface area (Å²) in [6, 6.07) is 13.1. The normalized spacial score (nSPS) is 20.5. The van der Waals surface area contributed by atoms with Crippen molar-refractivity contribution in [3.05, 3.63) is 54.4 Å². The molecular weight excluding hydrogens is 290 g/mol. The van der Waals surface area contributed by atoms with Crippen LogP contribution in [0, 0.1) is 5.92 Å². The SMILES string of the molecule is CC1CC(CN)CN1C(=O)c1cc(Oc2ccccc2)ccn1. The van der Waals surface area contributed by atoms with Gasteiger partial charge in [0.15, 0.2) is 0 Å². The maximum absolute atomic E-state index is 12.7. The van der Waals surface area contributed by atoms with Crippen LogP contribution in [0.2, 0.25) is 0 Å². The molecule has 1 aromatic carbocycles. The van der Waals surface area contributed by atoms with Gasteiger partial charge in [0, 0.05) is 24.8 Å². The predicted octanol–water partition coefficient (Wildman–Crippen LogP) is 2.68. The summed E-state index contributed by atoms with van der Waals surface area (Å²) in [6.45, 7) is 3.36. The number of benzene rings is 1. The zero-order chi connectivity index (χ0) is 16.2. The van der Waals surface area contributed by atoms with Crippen LogP contribution in [0.3, 0.4) is 0 Å². The second kappa shape index (κ2) is 6.79. The van der Waals surface area contributed by atoms with E-state index in [9.17, 15) is 4.79 Å². The number of hydrogen-bond donors (Lipinski definition) is 1. The molecule has 0 saturated carbocycles. The Morgan fingerprint density at radius 2 is 2.09 bits per heavy atom. The summed E-state index contributed by atoms with van der Waals surface area (Å²) in [5.41, 5.74) is 6.14. The van der Waals surface area contributed by atoms with Crippen molar-refractivity contribution in [3.8, 4) is 11.5 Å². The summed E-state index contributed by atoms with van der Waals surface area (Å²) < 4.78 is 5.77. The Morgan fingerprint density at radius 3 is 2.78 bits per heavy atom. The second-order valence-electron chi connectivity index (χ2n) is 5.94. The molecule has 5 heteroatoms. The average molecular weight is 311 g/mol. The van der Waals surface area contributed by atoms with Crippen molar-refractivity contribution in [3.63, 3.8) is 0 Å². The number of para-hydroxylation sites is 1. The van der Waals surface area contributed by atoms with Crippen molar-refractivity contribution in [2.75, 3.05) is 13.1 Å². The number of aromatic nitrogens is 1. The Labute approximate surface area is 136 Å². The summed E-state index contributed by atoms with van der Waals surface area (Å²) in [5.74, 6) is 1.65. The molecule has 0 spiro atoms. The molecule has 0 aliphatic carbocycles. The maximum Gasteiger partial charge on any atom is 0.272 e. The molecule has 2 atom stereocenters. The number of nitrogens with two attached hydrogens (primary N) is 1. The standard InChI is InChI=1S/C18H21N3O2/c1-13-9-14(11-19)12-21(13)18(22)17-10-16(7-8-20-17)23-15-5-3-2-4-6-15/h2-8,10,13-14H,9,11-12,19H2,1H3. The molecule has 0 bridgehead atoms. The van der Waals surface area contributed by atoms with Gasteiger partial charge in [0.2, 0.25) is 0 Å². The minimum atomic E-state index is -0.0630. The minimum Gasteiger partial charge on any atom is -0.457 e. The van der Waals surface area contributed by atoms with Crippen molar-refractivity contribution in [2.24, 2.45) is 11.7 Å². The zero-order valence-corrected chi connectivity index (χ0v) is 13.2. The van der Waals surface area contributed by atoms with Gasteiger partial charge in [-0.25, -0.2) is 0 Å². The van der Waals surface area contributed by atoms with Crippen molar-refractivity contribution >= 4 is 5.91 Å². The van der Waals surface area contributed by atoms with Crippen LogP contribution in [0.5, 0.6) is 11.5 Å². The summed E-state index contributed by atoms with van der Waals surface area (Å²) in [4.78, 5) is 18.8. The number of carbonyl (C=O) groups is 1. The summed E-state index contributed by atoms with van der Waals surface area (Å²) in [6.07, 6.45) is 2.55. The highest BCUT2D eigenvalue weighted by molar-refractivity contribution is 5.93. The monoisotopic (exact) mass is 311 g/mol. The van der Waals surface area contributed by atoms with Crippen LogP contribution >= 0.6 is 0 Å². The molecule has 1 aliphatic rings. The first kappa shape index (κ1) is 15.5. The van der Waals surface area contributed by atoms with E-state index in [2.05, 4.69) is 11.9 Å². The molecule has 3 rings (SSSR count). The lowest BCUT2D eigenvalue weighted by molar-refractivity contribution is 0.0737. The first-order valence-corrected chi connectivity index (χ1v) is 7.87. The number of nitrogens with zero attached hydrogens (tertiary/aromatic N) is 2. The smallest absolute Gasteiger partial charge is 0.272 e. The molecule has 1 fully saturated rings. The summed E-state index contributed by atoms with van der Waals surface area (Å²) >= 11 is 0. The fourth-order valence-corrected chi connectivity index (χ4v) is 2.96.